The van der Waals surface area contributed by atoms with Gasteiger partial charge in [0, 0.05) is 33.0 Å². The fraction of sp³-hybridized carbons (Fsp3) is 0.250. The second-order valence-corrected chi connectivity index (χ2v) is 12.0. The van der Waals surface area contributed by atoms with Crippen LogP contribution >= 0.6 is 11.3 Å². The van der Waals surface area contributed by atoms with Gasteiger partial charge in [0.15, 0.2) is 0 Å². The summed E-state index contributed by atoms with van der Waals surface area (Å²) in [5.74, 6) is -2.30. The Balaban J connectivity index is 2.03. The third-order valence-electron chi connectivity index (χ3n) is 6.02. The van der Waals surface area contributed by atoms with Crippen molar-refractivity contribution in [3.63, 3.8) is 0 Å². The summed E-state index contributed by atoms with van der Waals surface area (Å²) in [4.78, 5) is 23.7. The van der Waals surface area contributed by atoms with Crippen LogP contribution in [0.3, 0.4) is 0 Å². The molecule has 18 heteroatoms. The van der Waals surface area contributed by atoms with Gasteiger partial charge in [-0.3, -0.25) is 9.59 Å². The molecule has 1 aliphatic rings. The maximum Gasteiger partial charge on any atom is 0.416 e. The fourth-order valence-corrected chi connectivity index (χ4v) is 6.01. The van der Waals surface area contributed by atoms with Crippen LogP contribution in [0.2, 0.25) is 0 Å². The molecular formula is C24H19F6N5O5S2. The summed E-state index contributed by atoms with van der Waals surface area (Å²) in [7, 11) is -2.58. The maximum absolute atomic E-state index is 14.0. The first-order valence-electron chi connectivity index (χ1n) is 11.5. The van der Waals surface area contributed by atoms with Crippen LogP contribution in [0.1, 0.15) is 34.1 Å². The molecule has 1 amide bonds. The number of rotatable bonds is 6. The highest BCUT2D eigenvalue weighted by Crippen LogP contribution is 2.39. The highest BCUT2D eigenvalue weighted by atomic mass is 32.2. The molecule has 4 rings (SSSR count). The number of hydrogen-bond donors (Lipinski definition) is 1. The number of amides is 1. The van der Waals surface area contributed by atoms with Gasteiger partial charge in [-0.1, -0.05) is 23.5 Å². The van der Waals surface area contributed by atoms with E-state index in [1.807, 2.05) is 0 Å². The summed E-state index contributed by atoms with van der Waals surface area (Å²) >= 11 is 0.216. The van der Waals surface area contributed by atoms with E-state index >= 15 is 0 Å². The molecule has 0 saturated heterocycles. The Morgan fingerprint density at radius 2 is 1.71 bits per heavy atom. The Hall–Kier alpha value is -4.03. The summed E-state index contributed by atoms with van der Waals surface area (Å²) in [5, 5.41) is 19.2. The smallest absolute Gasteiger partial charge is 0.416 e. The monoisotopic (exact) mass is 635 g/mol. The molecule has 0 radical (unpaired) electrons. The van der Waals surface area contributed by atoms with Crippen LogP contribution in [0.25, 0.3) is 5.57 Å². The first-order valence-corrected chi connectivity index (χ1v) is 13.8. The van der Waals surface area contributed by atoms with Gasteiger partial charge in [0.25, 0.3) is 5.91 Å². The summed E-state index contributed by atoms with van der Waals surface area (Å²) in [6, 6.07) is 5.27. The SMILES string of the molecule is CC(=O)N(n1c(O)c(C(Cc2ccc(C(F)(F)F)cc2C(F)(F)F)=c2ccc3c(c2)C=NN=3)sc1=O)S(=O)(=O)N(C)C. The lowest BCUT2D eigenvalue weighted by molar-refractivity contribution is -0.143. The van der Waals surface area contributed by atoms with Crippen molar-refractivity contribution < 1.29 is 44.7 Å². The molecule has 0 spiro atoms. The zero-order chi connectivity index (χ0) is 31.4. The molecule has 0 atom stereocenters. The van der Waals surface area contributed by atoms with Gasteiger partial charge in [-0.15, -0.1) is 4.41 Å². The van der Waals surface area contributed by atoms with Crippen LogP contribution in [0.15, 0.2) is 51.4 Å². The molecule has 0 unspecified atom stereocenters. The second-order valence-electron chi connectivity index (χ2n) is 9.03. The lowest BCUT2D eigenvalue weighted by Crippen LogP contribution is -2.52. The number of nitrogens with zero attached hydrogens (tertiary/aromatic N) is 5. The van der Waals surface area contributed by atoms with Gasteiger partial charge in [-0.05, 0) is 40.6 Å². The molecule has 2 aromatic carbocycles. The molecule has 0 saturated carbocycles. The van der Waals surface area contributed by atoms with Crippen molar-refractivity contribution in [3.8, 4) is 5.88 Å². The Kier molecular flexibility index (Phi) is 7.85. The minimum Gasteiger partial charge on any atom is -0.492 e. The highest BCUT2D eigenvalue weighted by molar-refractivity contribution is 7.90. The average molecular weight is 636 g/mol. The molecule has 0 fully saturated rings. The molecule has 2 heterocycles. The van der Waals surface area contributed by atoms with Crippen molar-refractivity contribution in [1.29, 1.82) is 0 Å². The average Bonchev–Trinajstić information content (AvgIpc) is 3.45. The second kappa shape index (κ2) is 10.7. The molecule has 42 heavy (non-hydrogen) atoms. The Labute approximate surface area is 236 Å². The van der Waals surface area contributed by atoms with E-state index in [2.05, 4.69) is 10.2 Å². The Morgan fingerprint density at radius 3 is 2.29 bits per heavy atom. The van der Waals surface area contributed by atoms with Gasteiger partial charge >= 0.3 is 27.4 Å². The first-order chi connectivity index (χ1) is 19.3. The zero-order valence-electron chi connectivity index (χ0n) is 21.6. The van der Waals surface area contributed by atoms with Gasteiger partial charge in [0.2, 0.25) is 5.88 Å². The predicted molar refractivity (Wildman–Crippen MR) is 139 cm³/mol. The fourth-order valence-electron chi connectivity index (χ4n) is 4.04. The lowest BCUT2D eigenvalue weighted by Gasteiger charge is -2.24. The number of carbonyl (C=O) groups excluding carboxylic acids is 1. The van der Waals surface area contributed by atoms with Crippen molar-refractivity contribution >= 4 is 39.2 Å². The van der Waals surface area contributed by atoms with Crippen molar-refractivity contribution in [2.24, 2.45) is 10.2 Å². The third kappa shape index (κ3) is 5.68. The number of fused-ring (bicyclic) bond motifs is 1. The first kappa shape index (κ1) is 30.9. The third-order valence-corrected chi connectivity index (χ3v) is 8.78. The van der Waals surface area contributed by atoms with E-state index in [0.29, 0.717) is 27.4 Å². The molecule has 10 nitrogen and oxygen atoms in total. The summed E-state index contributed by atoms with van der Waals surface area (Å²) in [6.45, 7) is 0.802. The number of benzene rings is 2. The Morgan fingerprint density at radius 1 is 1.05 bits per heavy atom. The standard InChI is InChI=1S/C24H19F6N5O5S2/c1-12(36)35(42(39,40)33(2)3)34-21(37)20(41-22(34)38)17(13-5-7-19-15(8-13)11-31-32-19)9-14-4-6-16(23(25,26)27)10-18(14)24(28,29)30/h4-8,10-11,37H,9H2,1-3H3. The van der Waals surface area contributed by atoms with Crippen molar-refractivity contribution in [2.75, 3.05) is 18.5 Å². The zero-order valence-corrected chi connectivity index (χ0v) is 23.3. The minimum atomic E-state index is -5.22. The Bertz CT molecular complexity index is 1910. The summed E-state index contributed by atoms with van der Waals surface area (Å²) in [6.07, 6.45) is -9.74. The highest BCUT2D eigenvalue weighted by Gasteiger charge is 2.39. The number of halogens is 6. The van der Waals surface area contributed by atoms with Crippen LogP contribution in [0.5, 0.6) is 5.88 Å². The number of aromatic nitrogens is 1. The lowest BCUT2D eigenvalue weighted by atomic mass is 9.94. The maximum atomic E-state index is 14.0. The molecular weight excluding hydrogens is 616 g/mol. The van der Waals surface area contributed by atoms with Crippen LogP contribution in [-0.2, 0) is 33.8 Å². The molecule has 224 valence electrons. The van der Waals surface area contributed by atoms with E-state index in [0.717, 1.165) is 21.0 Å². The van der Waals surface area contributed by atoms with Crippen LogP contribution in [-0.4, -0.2) is 48.7 Å². The van der Waals surface area contributed by atoms with Crippen molar-refractivity contribution in [1.82, 2.24) is 8.98 Å². The molecule has 0 aliphatic carbocycles. The van der Waals surface area contributed by atoms with E-state index in [4.69, 9.17) is 0 Å². The predicted octanol–water partition coefficient (Wildman–Crippen LogP) is 2.35. The van der Waals surface area contributed by atoms with Gasteiger partial charge in [0.1, 0.15) is 0 Å². The normalized spacial score (nSPS) is 14.1. The van der Waals surface area contributed by atoms with Crippen LogP contribution in [0.4, 0.5) is 26.3 Å². The summed E-state index contributed by atoms with van der Waals surface area (Å²) in [5.41, 5.74) is -3.58. The topological polar surface area (TPSA) is 125 Å². The van der Waals surface area contributed by atoms with E-state index in [1.165, 1.54) is 24.4 Å². The number of alkyl halides is 6. The van der Waals surface area contributed by atoms with Gasteiger partial charge in [-0.2, -0.15) is 53.9 Å². The summed E-state index contributed by atoms with van der Waals surface area (Å²) < 4.78 is 108. The van der Waals surface area contributed by atoms with Crippen molar-refractivity contribution in [2.45, 2.75) is 25.7 Å². The van der Waals surface area contributed by atoms with Crippen LogP contribution < -0.4 is 19.9 Å². The van der Waals surface area contributed by atoms with Gasteiger partial charge in [-0.25, -0.2) is 0 Å². The molecule has 1 aliphatic heterocycles. The quantitative estimate of drug-likeness (QED) is 0.417. The van der Waals surface area contributed by atoms with Gasteiger partial charge < -0.3 is 5.11 Å². The number of thiazole rings is 1. The van der Waals surface area contributed by atoms with Gasteiger partial charge in [0.05, 0.1) is 27.6 Å². The molecule has 3 aromatic rings. The van der Waals surface area contributed by atoms with Crippen molar-refractivity contribution in [3.05, 3.63) is 83.8 Å². The van der Waals surface area contributed by atoms with E-state index < -0.39 is 67.2 Å². The number of aromatic hydroxyl groups is 1. The molecule has 1 N–H and O–H groups in total. The number of carbonyl (C=O) groups is 1. The number of hydrogen-bond acceptors (Lipinski definition) is 8. The largest absolute Gasteiger partial charge is 0.492 e. The van der Waals surface area contributed by atoms with E-state index in [9.17, 15) is 49.5 Å². The minimum absolute atomic E-state index is 0.0181. The molecule has 0 bridgehead atoms. The van der Waals surface area contributed by atoms with E-state index in [1.54, 1.807) is 0 Å². The van der Waals surface area contributed by atoms with Crippen LogP contribution in [0, 0.1) is 0 Å². The molecule has 1 aromatic heterocycles. The van der Waals surface area contributed by atoms with E-state index in [-0.39, 0.29) is 37.3 Å².